The number of carbonyl (C=O) groups is 1. The molecule has 4 rings (SSSR count). The molecule has 2 aliphatic carbocycles. The molecule has 1 aliphatic heterocycles. The average molecular weight is 329 g/mol. The minimum absolute atomic E-state index is 0.0390. The SMILES string of the molecule is Cn1cnc2c(c1=O)CCN(C(=O)C1CCCC3CCCCC31)C2. The number of aromatic nitrogens is 2. The van der Waals surface area contributed by atoms with Crippen molar-refractivity contribution in [3.8, 4) is 0 Å². The minimum Gasteiger partial charge on any atom is -0.336 e. The molecule has 5 nitrogen and oxygen atoms in total. The van der Waals surface area contributed by atoms with Gasteiger partial charge >= 0.3 is 0 Å². The van der Waals surface area contributed by atoms with Gasteiger partial charge < -0.3 is 9.47 Å². The quantitative estimate of drug-likeness (QED) is 0.794. The zero-order valence-electron chi connectivity index (χ0n) is 14.5. The Morgan fingerprint density at radius 1 is 1.17 bits per heavy atom. The molecule has 3 unspecified atom stereocenters. The van der Waals surface area contributed by atoms with Crippen molar-refractivity contribution in [1.29, 1.82) is 0 Å². The number of aryl methyl sites for hydroxylation is 1. The predicted molar refractivity (Wildman–Crippen MR) is 91.4 cm³/mol. The number of hydrogen-bond donors (Lipinski definition) is 0. The van der Waals surface area contributed by atoms with Crippen LogP contribution in [0, 0.1) is 17.8 Å². The van der Waals surface area contributed by atoms with Gasteiger partial charge in [0.05, 0.1) is 18.6 Å². The van der Waals surface area contributed by atoms with E-state index in [-0.39, 0.29) is 11.5 Å². The van der Waals surface area contributed by atoms with E-state index in [1.165, 1.54) is 43.1 Å². The van der Waals surface area contributed by atoms with E-state index in [1.807, 2.05) is 4.90 Å². The molecule has 2 heterocycles. The number of amides is 1. The van der Waals surface area contributed by atoms with E-state index in [4.69, 9.17) is 0 Å². The first-order valence-corrected chi connectivity index (χ1v) is 9.47. The van der Waals surface area contributed by atoms with Crippen molar-refractivity contribution in [1.82, 2.24) is 14.5 Å². The molecule has 3 aliphatic rings. The molecule has 0 radical (unpaired) electrons. The standard InChI is InChI=1S/C19H27N3O2/c1-21-12-20-17-11-22(10-9-16(17)18(21)23)19(24)15-8-4-6-13-5-2-3-7-14(13)15/h12-15H,2-11H2,1H3. The smallest absolute Gasteiger partial charge is 0.256 e. The molecule has 1 aromatic rings. The normalized spacial score (nSPS) is 29.7. The van der Waals surface area contributed by atoms with Crippen LogP contribution in [-0.4, -0.2) is 26.9 Å². The number of nitrogens with zero attached hydrogens (tertiary/aromatic N) is 3. The lowest BCUT2D eigenvalue weighted by Crippen LogP contribution is -2.46. The van der Waals surface area contributed by atoms with E-state index in [1.54, 1.807) is 13.4 Å². The summed E-state index contributed by atoms with van der Waals surface area (Å²) >= 11 is 0. The van der Waals surface area contributed by atoms with E-state index in [9.17, 15) is 9.59 Å². The molecule has 0 aromatic carbocycles. The van der Waals surface area contributed by atoms with Crippen molar-refractivity contribution < 1.29 is 4.79 Å². The summed E-state index contributed by atoms with van der Waals surface area (Å²) in [7, 11) is 1.73. The van der Waals surface area contributed by atoms with E-state index < -0.39 is 0 Å². The lowest BCUT2D eigenvalue weighted by Gasteiger charge is -2.42. The Labute approximate surface area is 143 Å². The predicted octanol–water partition coefficient (Wildman–Crippen LogP) is 2.27. The van der Waals surface area contributed by atoms with Crippen LogP contribution in [0.4, 0.5) is 0 Å². The first-order valence-electron chi connectivity index (χ1n) is 9.47. The van der Waals surface area contributed by atoms with Crippen molar-refractivity contribution in [3.05, 3.63) is 27.9 Å². The fraction of sp³-hybridized carbons (Fsp3) is 0.737. The molecule has 2 saturated carbocycles. The van der Waals surface area contributed by atoms with Gasteiger partial charge in [0.25, 0.3) is 5.56 Å². The first-order chi connectivity index (χ1) is 11.6. The van der Waals surface area contributed by atoms with E-state index in [0.29, 0.717) is 31.3 Å². The fourth-order valence-corrected chi connectivity index (χ4v) is 5.18. The van der Waals surface area contributed by atoms with E-state index >= 15 is 0 Å². The number of fused-ring (bicyclic) bond motifs is 2. The zero-order valence-corrected chi connectivity index (χ0v) is 14.5. The van der Waals surface area contributed by atoms with Gasteiger partial charge in [-0.3, -0.25) is 9.59 Å². The third-order valence-electron chi connectivity index (χ3n) is 6.49. The van der Waals surface area contributed by atoms with E-state index in [0.717, 1.165) is 23.6 Å². The molecule has 5 heteroatoms. The maximum absolute atomic E-state index is 13.2. The maximum atomic E-state index is 13.2. The van der Waals surface area contributed by atoms with Crippen molar-refractivity contribution in [2.24, 2.45) is 24.8 Å². The Bertz CT molecular complexity index is 694. The molecule has 1 amide bonds. The maximum Gasteiger partial charge on any atom is 0.256 e. The lowest BCUT2D eigenvalue weighted by molar-refractivity contribution is -0.141. The van der Waals surface area contributed by atoms with Crippen LogP contribution in [0.25, 0.3) is 0 Å². The summed E-state index contributed by atoms with van der Waals surface area (Å²) in [6, 6.07) is 0. The Morgan fingerprint density at radius 3 is 2.83 bits per heavy atom. The molecule has 3 atom stereocenters. The summed E-state index contributed by atoms with van der Waals surface area (Å²) in [5.74, 6) is 1.89. The second kappa shape index (κ2) is 6.34. The summed E-state index contributed by atoms with van der Waals surface area (Å²) in [6.07, 6.45) is 10.9. The van der Waals surface area contributed by atoms with Crippen LogP contribution in [0.5, 0.6) is 0 Å². The summed E-state index contributed by atoms with van der Waals surface area (Å²) in [5.41, 5.74) is 1.63. The Kier molecular flexibility index (Phi) is 4.19. The highest BCUT2D eigenvalue weighted by Gasteiger charge is 2.40. The third kappa shape index (κ3) is 2.68. The molecule has 1 aromatic heterocycles. The Hall–Kier alpha value is -1.65. The molecule has 24 heavy (non-hydrogen) atoms. The van der Waals surface area contributed by atoms with Crippen LogP contribution >= 0.6 is 0 Å². The zero-order chi connectivity index (χ0) is 16.7. The molecular formula is C19H27N3O2. The van der Waals surface area contributed by atoms with Gasteiger partial charge in [-0.1, -0.05) is 32.1 Å². The number of hydrogen-bond acceptors (Lipinski definition) is 3. The highest BCUT2D eigenvalue weighted by Crippen LogP contribution is 2.44. The van der Waals surface area contributed by atoms with Gasteiger partial charge in [0.1, 0.15) is 0 Å². The second-order valence-corrected chi connectivity index (χ2v) is 7.84. The van der Waals surface area contributed by atoms with Gasteiger partial charge in [-0.25, -0.2) is 4.98 Å². The minimum atomic E-state index is 0.0390. The van der Waals surface area contributed by atoms with Gasteiger partial charge in [0.2, 0.25) is 5.91 Å². The van der Waals surface area contributed by atoms with Gasteiger partial charge in [-0.05, 0) is 31.1 Å². The van der Waals surface area contributed by atoms with Crippen LogP contribution in [0.3, 0.4) is 0 Å². The fourth-order valence-electron chi connectivity index (χ4n) is 5.18. The number of carbonyl (C=O) groups excluding carboxylic acids is 1. The topological polar surface area (TPSA) is 55.2 Å². The van der Waals surface area contributed by atoms with Gasteiger partial charge in [-0.2, -0.15) is 0 Å². The summed E-state index contributed by atoms with van der Waals surface area (Å²) in [6.45, 7) is 1.18. The van der Waals surface area contributed by atoms with Crippen LogP contribution in [0.2, 0.25) is 0 Å². The molecule has 0 N–H and O–H groups in total. The Balaban J connectivity index is 1.53. The van der Waals surface area contributed by atoms with Crippen molar-refractivity contribution >= 4 is 5.91 Å². The number of rotatable bonds is 1. The van der Waals surface area contributed by atoms with Crippen LogP contribution in [0.1, 0.15) is 56.2 Å². The van der Waals surface area contributed by atoms with E-state index in [2.05, 4.69) is 4.98 Å². The highest BCUT2D eigenvalue weighted by atomic mass is 16.2. The van der Waals surface area contributed by atoms with Gasteiger partial charge in [-0.15, -0.1) is 0 Å². The second-order valence-electron chi connectivity index (χ2n) is 7.84. The average Bonchev–Trinajstić information content (AvgIpc) is 2.63. The van der Waals surface area contributed by atoms with Gasteiger partial charge in [0.15, 0.2) is 0 Å². The van der Waals surface area contributed by atoms with Crippen LogP contribution in [0.15, 0.2) is 11.1 Å². The third-order valence-corrected chi connectivity index (χ3v) is 6.49. The van der Waals surface area contributed by atoms with Crippen LogP contribution < -0.4 is 5.56 Å². The first kappa shape index (κ1) is 15.9. The molecule has 0 bridgehead atoms. The summed E-state index contributed by atoms with van der Waals surface area (Å²) in [5, 5.41) is 0. The van der Waals surface area contributed by atoms with Crippen molar-refractivity contribution in [2.45, 2.75) is 57.9 Å². The van der Waals surface area contributed by atoms with Crippen molar-refractivity contribution in [2.75, 3.05) is 6.54 Å². The lowest BCUT2D eigenvalue weighted by atomic mass is 9.65. The van der Waals surface area contributed by atoms with Crippen LogP contribution in [-0.2, 0) is 24.8 Å². The monoisotopic (exact) mass is 329 g/mol. The Morgan fingerprint density at radius 2 is 1.96 bits per heavy atom. The molecule has 2 fully saturated rings. The van der Waals surface area contributed by atoms with Gasteiger partial charge in [0, 0.05) is 25.1 Å². The summed E-state index contributed by atoms with van der Waals surface area (Å²) < 4.78 is 1.53. The molecular weight excluding hydrogens is 302 g/mol. The molecule has 0 saturated heterocycles. The molecule has 0 spiro atoms. The largest absolute Gasteiger partial charge is 0.336 e. The highest BCUT2D eigenvalue weighted by molar-refractivity contribution is 5.79. The summed E-state index contributed by atoms with van der Waals surface area (Å²) in [4.78, 5) is 31.8. The van der Waals surface area contributed by atoms with Crippen molar-refractivity contribution in [3.63, 3.8) is 0 Å². The molecule has 130 valence electrons.